The maximum absolute atomic E-state index is 13.1. The second kappa shape index (κ2) is 9.59. The van der Waals surface area contributed by atoms with E-state index in [9.17, 15) is 9.59 Å². The van der Waals surface area contributed by atoms with Crippen LogP contribution in [0.5, 0.6) is 0 Å². The molecule has 5 aliphatic rings. The molecule has 1 aromatic carbocycles. The first-order valence-corrected chi connectivity index (χ1v) is 14.3. The van der Waals surface area contributed by atoms with Crippen LogP contribution in [-0.4, -0.2) is 70.5 Å². The zero-order chi connectivity index (χ0) is 26.6. The van der Waals surface area contributed by atoms with Crippen molar-refractivity contribution in [2.75, 3.05) is 33.2 Å². The summed E-state index contributed by atoms with van der Waals surface area (Å²) in [6, 6.07) is 13.2. The minimum absolute atomic E-state index is 0.0567. The first-order chi connectivity index (χ1) is 18.9. The van der Waals surface area contributed by atoms with Crippen molar-refractivity contribution < 1.29 is 14.1 Å². The lowest BCUT2D eigenvalue weighted by Crippen LogP contribution is -2.59. The standard InChI is InChI=1S/C31H35N5O3/c1-35-8-10-36(11-9-35)30(38)24-4-2-23(3-5-24)26-7-6-25(19-32-26)28-15-27(34-39-28)29(37)33-31-16-20-12-21(17-31)14-22(13-20)18-31/h2-7,15,19-22H,8-14,16-18H2,1H3,(H,33,37). The molecular formula is C31H35N5O3. The SMILES string of the molecule is CN1CCN(C(=O)c2ccc(-c3ccc(-c4cc(C(=O)NC56CC7CC(CC(C7)C5)C6)no4)cn3)cc2)CC1. The smallest absolute Gasteiger partial charge is 0.273 e. The minimum atomic E-state index is -0.136. The van der Waals surface area contributed by atoms with Crippen molar-refractivity contribution in [1.82, 2.24) is 25.3 Å². The fourth-order valence-corrected chi connectivity index (χ4v) is 7.77. The third-order valence-electron chi connectivity index (χ3n) is 9.43. The van der Waals surface area contributed by atoms with E-state index in [1.807, 2.05) is 41.3 Å². The van der Waals surface area contributed by atoms with Gasteiger partial charge < -0.3 is 19.6 Å². The molecular weight excluding hydrogens is 490 g/mol. The summed E-state index contributed by atoms with van der Waals surface area (Å²) in [5.74, 6) is 2.76. The first kappa shape index (κ1) is 24.5. The van der Waals surface area contributed by atoms with Crippen LogP contribution in [0.25, 0.3) is 22.6 Å². The van der Waals surface area contributed by atoms with Gasteiger partial charge in [-0.15, -0.1) is 0 Å². The number of nitrogens with zero attached hydrogens (tertiary/aromatic N) is 4. The van der Waals surface area contributed by atoms with Crippen LogP contribution in [0.4, 0.5) is 0 Å². The Kier molecular flexibility index (Phi) is 6.03. The van der Waals surface area contributed by atoms with E-state index in [2.05, 4.69) is 27.4 Å². The van der Waals surface area contributed by atoms with Gasteiger partial charge in [0.15, 0.2) is 11.5 Å². The van der Waals surface area contributed by atoms with Crippen molar-refractivity contribution in [3.63, 3.8) is 0 Å². The van der Waals surface area contributed by atoms with Crippen LogP contribution in [0.1, 0.15) is 59.4 Å². The van der Waals surface area contributed by atoms with Gasteiger partial charge in [0.05, 0.1) is 5.69 Å². The quantitative estimate of drug-likeness (QED) is 0.528. The first-order valence-electron chi connectivity index (χ1n) is 14.3. The lowest BCUT2D eigenvalue weighted by Gasteiger charge is -2.56. The van der Waals surface area contributed by atoms with Crippen LogP contribution >= 0.6 is 0 Å². The average molecular weight is 526 g/mol. The normalized spacial score (nSPS) is 28.0. The second-order valence-corrected chi connectivity index (χ2v) is 12.3. The molecule has 4 saturated carbocycles. The van der Waals surface area contributed by atoms with Gasteiger partial charge in [0.2, 0.25) is 0 Å². The Labute approximate surface area is 228 Å². The van der Waals surface area contributed by atoms with Gasteiger partial charge in [-0.3, -0.25) is 14.6 Å². The zero-order valence-corrected chi connectivity index (χ0v) is 22.4. The predicted octanol–water partition coefficient (Wildman–Crippen LogP) is 4.49. The van der Waals surface area contributed by atoms with E-state index in [-0.39, 0.29) is 17.4 Å². The van der Waals surface area contributed by atoms with Gasteiger partial charge in [-0.1, -0.05) is 17.3 Å². The molecule has 3 aromatic rings. The number of hydrogen-bond acceptors (Lipinski definition) is 6. The molecule has 3 heterocycles. The number of amides is 2. The molecule has 4 aliphatic carbocycles. The number of piperazine rings is 1. The van der Waals surface area contributed by atoms with Gasteiger partial charge in [0, 0.05) is 60.7 Å². The number of carbonyl (C=O) groups excluding carboxylic acids is 2. The third-order valence-corrected chi connectivity index (χ3v) is 9.43. The molecule has 2 amide bonds. The lowest BCUT2D eigenvalue weighted by molar-refractivity contribution is -0.0168. The molecule has 0 atom stereocenters. The molecule has 39 heavy (non-hydrogen) atoms. The molecule has 8 rings (SSSR count). The molecule has 0 radical (unpaired) electrons. The highest BCUT2D eigenvalue weighted by Gasteiger charge is 2.51. The number of benzene rings is 1. The summed E-state index contributed by atoms with van der Waals surface area (Å²) in [6.45, 7) is 3.32. The van der Waals surface area contributed by atoms with E-state index in [1.54, 1.807) is 12.3 Å². The maximum atomic E-state index is 13.1. The van der Waals surface area contributed by atoms with Crippen molar-refractivity contribution >= 4 is 11.8 Å². The molecule has 4 bridgehead atoms. The van der Waals surface area contributed by atoms with Crippen molar-refractivity contribution in [3.8, 4) is 22.6 Å². The Bertz CT molecular complexity index is 1340. The molecule has 0 unspecified atom stereocenters. The van der Waals surface area contributed by atoms with Gasteiger partial charge in [-0.25, -0.2) is 0 Å². The molecule has 2 aromatic heterocycles. The minimum Gasteiger partial charge on any atom is -0.355 e. The lowest BCUT2D eigenvalue weighted by atomic mass is 9.53. The Balaban J connectivity index is 1.00. The summed E-state index contributed by atoms with van der Waals surface area (Å²) in [7, 11) is 2.08. The van der Waals surface area contributed by atoms with Crippen LogP contribution in [0.3, 0.4) is 0 Å². The Hall–Kier alpha value is -3.52. The summed E-state index contributed by atoms with van der Waals surface area (Å²) in [5, 5.41) is 7.45. The van der Waals surface area contributed by atoms with E-state index in [4.69, 9.17) is 4.52 Å². The summed E-state index contributed by atoms with van der Waals surface area (Å²) in [6.07, 6.45) is 9.06. The fourth-order valence-electron chi connectivity index (χ4n) is 7.77. The van der Waals surface area contributed by atoms with Crippen LogP contribution in [0.2, 0.25) is 0 Å². The molecule has 8 heteroatoms. The Morgan fingerprint density at radius 1 is 0.897 bits per heavy atom. The second-order valence-electron chi connectivity index (χ2n) is 12.3. The van der Waals surface area contributed by atoms with E-state index in [1.165, 1.54) is 19.3 Å². The molecule has 202 valence electrons. The molecule has 8 nitrogen and oxygen atoms in total. The number of hydrogen-bond donors (Lipinski definition) is 1. The number of pyridine rings is 1. The van der Waals surface area contributed by atoms with E-state index in [0.29, 0.717) is 17.0 Å². The molecule has 1 saturated heterocycles. The summed E-state index contributed by atoms with van der Waals surface area (Å²) >= 11 is 0. The van der Waals surface area contributed by atoms with Crippen molar-refractivity contribution in [2.24, 2.45) is 17.8 Å². The number of carbonyl (C=O) groups is 2. The highest BCUT2D eigenvalue weighted by atomic mass is 16.5. The van der Waals surface area contributed by atoms with Gasteiger partial charge in [-0.2, -0.15) is 0 Å². The Morgan fingerprint density at radius 2 is 1.54 bits per heavy atom. The van der Waals surface area contributed by atoms with Crippen LogP contribution in [0.15, 0.2) is 53.2 Å². The third kappa shape index (κ3) is 4.75. The van der Waals surface area contributed by atoms with Crippen LogP contribution in [0, 0.1) is 17.8 Å². The van der Waals surface area contributed by atoms with Crippen molar-refractivity contribution in [1.29, 1.82) is 0 Å². The van der Waals surface area contributed by atoms with Gasteiger partial charge in [-0.05, 0) is 87.6 Å². The summed E-state index contributed by atoms with van der Waals surface area (Å²) in [5.41, 5.74) is 3.47. The number of aromatic nitrogens is 2. The van der Waals surface area contributed by atoms with E-state index >= 15 is 0 Å². The van der Waals surface area contributed by atoms with Crippen molar-refractivity contribution in [2.45, 2.75) is 44.1 Å². The predicted molar refractivity (Wildman–Crippen MR) is 147 cm³/mol. The highest BCUT2D eigenvalue weighted by molar-refractivity contribution is 5.95. The van der Waals surface area contributed by atoms with E-state index < -0.39 is 0 Å². The van der Waals surface area contributed by atoms with E-state index in [0.717, 1.165) is 80.0 Å². The van der Waals surface area contributed by atoms with Crippen molar-refractivity contribution in [3.05, 3.63) is 59.9 Å². The topological polar surface area (TPSA) is 91.6 Å². The van der Waals surface area contributed by atoms with Gasteiger partial charge >= 0.3 is 0 Å². The molecule has 0 spiro atoms. The zero-order valence-electron chi connectivity index (χ0n) is 22.4. The Morgan fingerprint density at radius 3 is 2.15 bits per heavy atom. The summed E-state index contributed by atoms with van der Waals surface area (Å²) < 4.78 is 5.55. The molecule has 1 aliphatic heterocycles. The highest BCUT2D eigenvalue weighted by Crippen LogP contribution is 2.55. The average Bonchev–Trinajstić information content (AvgIpc) is 3.43. The van der Waals surface area contributed by atoms with Crippen LogP contribution in [-0.2, 0) is 0 Å². The monoisotopic (exact) mass is 525 g/mol. The molecule has 1 N–H and O–H groups in total. The number of rotatable bonds is 5. The summed E-state index contributed by atoms with van der Waals surface area (Å²) in [4.78, 5) is 34.7. The maximum Gasteiger partial charge on any atom is 0.273 e. The molecule has 5 fully saturated rings. The van der Waals surface area contributed by atoms with Crippen LogP contribution < -0.4 is 5.32 Å². The largest absolute Gasteiger partial charge is 0.355 e. The number of likely N-dealkylation sites (N-methyl/N-ethyl adjacent to an activating group) is 1. The van der Waals surface area contributed by atoms with Gasteiger partial charge in [0.1, 0.15) is 0 Å². The number of nitrogens with one attached hydrogen (secondary N) is 1. The fraction of sp³-hybridized carbons (Fsp3) is 0.484. The van der Waals surface area contributed by atoms with Gasteiger partial charge in [0.25, 0.3) is 11.8 Å².